The van der Waals surface area contributed by atoms with Crippen LogP contribution < -0.4 is 9.47 Å². The van der Waals surface area contributed by atoms with Crippen molar-refractivity contribution in [2.45, 2.75) is 70.0 Å². The second kappa shape index (κ2) is 14.2. The summed E-state index contributed by atoms with van der Waals surface area (Å²) < 4.78 is 33.8. The van der Waals surface area contributed by atoms with Crippen molar-refractivity contribution in [2.24, 2.45) is 0 Å². The first-order chi connectivity index (χ1) is 19.7. The Morgan fingerprint density at radius 3 is 1.78 bits per heavy atom. The Balaban J connectivity index is 1.72. The molecule has 1 heterocycles. The fourth-order valence-corrected chi connectivity index (χ4v) is 7.98. The van der Waals surface area contributed by atoms with Gasteiger partial charge in [-0.05, 0) is 81.7 Å². The van der Waals surface area contributed by atoms with Crippen LogP contribution in [0.3, 0.4) is 0 Å². The van der Waals surface area contributed by atoms with Crippen molar-refractivity contribution in [2.75, 3.05) is 27.5 Å². The molecule has 3 aromatic carbocycles. The average molecular weight is 578 g/mol. The van der Waals surface area contributed by atoms with E-state index in [0.29, 0.717) is 18.7 Å². The summed E-state index contributed by atoms with van der Waals surface area (Å²) in [7, 11) is 4.69. The average Bonchev–Trinajstić information content (AvgIpc) is 3.32. The van der Waals surface area contributed by atoms with Gasteiger partial charge in [0.25, 0.3) is 0 Å². The normalized spacial score (nSPS) is 20.1. The van der Waals surface area contributed by atoms with Crippen molar-refractivity contribution in [1.29, 1.82) is 0 Å². The van der Waals surface area contributed by atoms with Crippen LogP contribution in [0.15, 0.2) is 78.9 Å². The molecule has 0 amide bonds. The number of hydrogen-bond acceptors (Lipinski definition) is 6. The third-order valence-corrected chi connectivity index (χ3v) is 9.84. The van der Waals surface area contributed by atoms with Gasteiger partial charge in [0.1, 0.15) is 39.3 Å². The lowest BCUT2D eigenvalue weighted by Crippen LogP contribution is -2.39. The first-order valence-electron chi connectivity index (χ1n) is 14.5. The molecule has 1 aliphatic rings. The second-order valence-corrected chi connectivity index (χ2v) is 12.8. The fraction of sp³-hybridized carbons (Fsp3) is 0.455. The van der Waals surface area contributed by atoms with Crippen LogP contribution in [0.4, 0.5) is 0 Å². The Morgan fingerprint density at radius 2 is 1.32 bits per heavy atom. The maximum atomic E-state index is 7.14. The van der Waals surface area contributed by atoms with E-state index in [1.54, 1.807) is 14.2 Å². The van der Waals surface area contributed by atoms with Gasteiger partial charge >= 0.3 is 0 Å². The van der Waals surface area contributed by atoms with Crippen LogP contribution in [0.2, 0.25) is 0 Å². The Hall–Kier alpha value is -2.41. The largest absolute Gasteiger partial charge is 0.497 e. The number of rotatable bonds is 13. The van der Waals surface area contributed by atoms with Gasteiger partial charge in [-0.1, -0.05) is 54.6 Å². The molecular weight excluding hydrogens is 532 g/mol. The van der Waals surface area contributed by atoms with Gasteiger partial charge in [0, 0.05) is 18.1 Å². The smallest absolute Gasteiger partial charge is 0.143 e. The minimum absolute atomic E-state index is 0.0543. The summed E-state index contributed by atoms with van der Waals surface area (Å²) in [4.78, 5) is 0. The fourth-order valence-electron chi connectivity index (χ4n) is 5.96. The third kappa shape index (κ3) is 7.15. The lowest BCUT2D eigenvalue weighted by atomic mass is 9.80. The molecule has 41 heavy (non-hydrogen) atoms. The van der Waals surface area contributed by atoms with Gasteiger partial charge in [0.2, 0.25) is 0 Å². The van der Waals surface area contributed by atoms with E-state index < -0.39 is 13.9 Å². The highest BCUT2D eigenvalue weighted by Crippen LogP contribution is 2.46. The number of hydrogen-bond donors (Lipinski definition) is 0. The van der Waals surface area contributed by atoms with Crippen LogP contribution in [0, 0.1) is 0 Å². The number of nitrogens with zero attached hydrogens (tertiary/aromatic N) is 1. The zero-order valence-corrected chi connectivity index (χ0v) is 26.6. The summed E-state index contributed by atoms with van der Waals surface area (Å²) in [6.45, 7) is 11.5. The van der Waals surface area contributed by atoms with Gasteiger partial charge in [-0.2, -0.15) is 0 Å². The molecule has 1 unspecified atom stereocenters. The highest BCUT2D eigenvalue weighted by molar-refractivity contribution is 7.49. The van der Waals surface area contributed by atoms with Gasteiger partial charge in [-0.3, -0.25) is 4.67 Å². The van der Waals surface area contributed by atoms with Crippen LogP contribution in [-0.4, -0.2) is 70.3 Å². The van der Waals surface area contributed by atoms with Crippen molar-refractivity contribution in [3.8, 4) is 11.5 Å². The lowest BCUT2D eigenvalue weighted by Gasteiger charge is -2.39. The lowest BCUT2D eigenvalue weighted by molar-refractivity contribution is -0.0695. The van der Waals surface area contributed by atoms with Crippen LogP contribution in [0.1, 0.15) is 50.8 Å². The molecule has 0 bridgehead atoms. The van der Waals surface area contributed by atoms with Crippen LogP contribution in [0.25, 0.3) is 0 Å². The number of methoxy groups -OCH3 is 2. The minimum Gasteiger partial charge on any atom is -0.497 e. The van der Waals surface area contributed by atoms with Crippen molar-refractivity contribution in [3.63, 3.8) is 0 Å². The topological polar surface area (TPSA) is 49.4 Å². The zero-order chi connectivity index (χ0) is 29.6. The molecule has 0 N–H and O–H groups in total. The quantitative estimate of drug-likeness (QED) is 0.137. The van der Waals surface area contributed by atoms with E-state index in [9.17, 15) is 0 Å². The van der Waals surface area contributed by atoms with Crippen molar-refractivity contribution < 1.29 is 23.5 Å². The molecule has 4 atom stereocenters. The molecule has 4 rings (SSSR count). The predicted molar refractivity (Wildman–Crippen MR) is 170 cm³/mol. The highest BCUT2D eigenvalue weighted by Gasteiger charge is 2.42. The van der Waals surface area contributed by atoms with E-state index in [1.807, 2.05) is 30.3 Å². The Bertz CT molecular complexity index is 1150. The SMILES string of the molecule is B[C@H]1C[C@@H](OP(C)N(C(C)C)C(C)C)[C@@H](COC(c2ccccc2)(c2ccc(OC)cc2)c2ccc(OC)cc2)O1. The van der Waals surface area contributed by atoms with Crippen molar-refractivity contribution in [1.82, 2.24) is 4.67 Å². The highest BCUT2D eigenvalue weighted by atomic mass is 31.2. The first-order valence-corrected chi connectivity index (χ1v) is 16.2. The van der Waals surface area contributed by atoms with Gasteiger partial charge in [0.15, 0.2) is 0 Å². The summed E-state index contributed by atoms with van der Waals surface area (Å²) in [5.74, 6) is 1.59. The van der Waals surface area contributed by atoms with Gasteiger partial charge in [-0.15, -0.1) is 0 Å². The molecule has 1 saturated heterocycles. The maximum absolute atomic E-state index is 7.14. The minimum atomic E-state index is -0.890. The molecule has 220 valence electrons. The summed E-state index contributed by atoms with van der Waals surface area (Å²) >= 11 is 0. The van der Waals surface area contributed by atoms with E-state index in [4.69, 9.17) is 23.5 Å². The molecule has 0 saturated carbocycles. The van der Waals surface area contributed by atoms with E-state index in [-0.39, 0.29) is 18.2 Å². The van der Waals surface area contributed by atoms with Gasteiger partial charge < -0.3 is 23.5 Å². The van der Waals surface area contributed by atoms with E-state index in [0.717, 1.165) is 34.6 Å². The summed E-state index contributed by atoms with van der Waals surface area (Å²) in [5, 5.41) is 0. The van der Waals surface area contributed by atoms with Crippen LogP contribution >= 0.6 is 8.30 Å². The maximum Gasteiger partial charge on any atom is 0.143 e. The molecular formula is C33H45BNO5P. The van der Waals surface area contributed by atoms with E-state index in [1.165, 1.54) is 0 Å². The number of benzene rings is 3. The summed E-state index contributed by atoms with van der Waals surface area (Å²) in [6.07, 6.45) is 0.589. The van der Waals surface area contributed by atoms with Crippen molar-refractivity contribution >= 4 is 16.1 Å². The molecule has 8 heteroatoms. The molecule has 1 aliphatic heterocycles. The molecule has 0 radical (unpaired) electrons. The molecule has 3 aromatic rings. The molecule has 0 aliphatic carbocycles. The summed E-state index contributed by atoms with van der Waals surface area (Å²) in [6, 6.07) is 27.5. The standard InChI is InChI=1S/C33H45BNO5P/c1-23(2)35(24(3)4)41(7)40-30-21-32(34)39-31(30)22-38-33(25-11-9-8-10-12-25,26-13-17-28(36-5)18-14-26)27-15-19-29(37-6)20-16-27/h8-20,23-24,30-32H,21-22,34H2,1-7H3/t30-,31-,32-,41?/m1/s1. The van der Waals surface area contributed by atoms with Crippen molar-refractivity contribution in [3.05, 3.63) is 95.6 Å². The number of ether oxygens (including phenoxy) is 4. The van der Waals surface area contributed by atoms with Crippen LogP contribution in [-0.2, 0) is 19.6 Å². The summed E-state index contributed by atoms with van der Waals surface area (Å²) in [5.41, 5.74) is 2.14. The van der Waals surface area contributed by atoms with Gasteiger partial charge in [0.05, 0.1) is 26.9 Å². The van der Waals surface area contributed by atoms with Crippen LogP contribution in [0.5, 0.6) is 11.5 Å². The third-order valence-electron chi connectivity index (χ3n) is 7.69. The Labute approximate surface area is 248 Å². The predicted octanol–water partition coefficient (Wildman–Crippen LogP) is 6.21. The monoisotopic (exact) mass is 577 g/mol. The Kier molecular flexibility index (Phi) is 10.9. The van der Waals surface area contributed by atoms with E-state index in [2.05, 4.69) is 95.4 Å². The molecule has 6 nitrogen and oxygen atoms in total. The Morgan fingerprint density at radius 1 is 0.829 bits per heavy atom. The first kappa shape index (κ1) is 31.5. The van der Waals surface area contributed by atoms with E-state index >= 15 is 0 Å². The molecule has 1 fully saturated rings. The molecule has 0 spiro atoms. The zero-order valence-electron chi connectivity index (χ0n) is 25.7. The molecule has 0 aromatic heterocycles. The van der Waals surface area contributed by atoms with Gasteiger partial charge in [-0.25, -0.2) is 0 Å². The second-order valence-electron chi connectivity index (χ2n) is 11.2.